The van der Waals surface area contributed by atoms with Gasteiger partial charge in [-0.15, -0.1) is 0 Å². The van der Waals surface area contributed by atoms with Crippen LogP contribution in [0, 0.1) is 0 Å². The Hall–Kier alpha value is -2.09. The molecule has 8 heteroatoms. The van der Waals surface area contributed by atoms with Crippen molar-refractivity contribution in [1.82, 2.24) is 10.0 Å². The lowest BCUT2D eigenvalue weighted by Crippen LogP contribution is -2.49. The molecule has 184 valence electrons. The number of sulfonamides is 1. The smallest absolute Gasteiger partial charge is 0.242 e. The van der Waals surface area contributed by atoms with Gasteiger partial charge in [-0.05, 0) is 78.9 Å². The van der Waals surface area contributed by atoms with Crippen LogP contribution in [0.25, 0.3) is 0 Å². The highest BCUT2D eigenvalue weighted by Crippen LogP contribution is 2.53. The lowest BCUT2D eigenvalue weighted by atomic mass is 9.58. The summed E-state index contributed by atoms with van der Waals surface area (Å²) < 4.78 is 33.6. The van der Waals surface area contributed by atoms with Crippen LogP contribution in [-0.2, 0) is 21.9 Å². The summed E-state index contributed by atoms with van der Waals surface area (Å²) >= 11 is 12.2. The third-order valence-corrected chi connectivity index (χ3v) is 9.39. The SMILES string of the molecule is O=S(=O)(NCCOc1ccc2c(c1)C(C1(c3ccc(Cl)cc3)CCC1)NCC2)c1ccccc1Cl. The second kappa shape index (κ2) is 10.1. The van der Waals surface area contributed by atoms with Crippen molar-refractivity contribution >= 4 is 33.2 Å². The van der Waals surface area contributed by atoms with Gasteiger partial charge in [0.1, 0.15) is 17.3 Å². The van der Waals surface area contributed by atoms with Crippen LogP contribution < -0.4 is 14.8 Å². The largest absolute Gasteiger partial charge is 0.492 e. The Morgan fingerprint density at radius 2 is 1.80 bits per heavy atom. The summed E-state index contributed by atoms with van der Waals surface area (Å²) in [7, 11) is -3.70. The predicted octanol–water partition coefficient (Wildman–Crippen LogP) is 5.66. The van der Waals surface area contributed by atoms with Crippen molar-refractivity contribution in [3.8, 4) is 5.75 Å². The van der Waals surface area contributed by atoms with E-state index >= 15 is 0 Å². The minimum atomic E-state index is -3.70. The third kappa shape index (κ3) is 4.95. The molecule has 3 aromatic carbocycles. The number of hydrogen-bond donors (Lipinski definition) is 2. The maximum absolute atomic E-state index is 12.5. The van der Waals surface area contributed by atoms with Crippen molar-refractivity contribution in [3.05, 3.63) is 93.5 Å². The molecule has 0 aromatic heterocycles. The fourth-order valence-electron chi connectivity index (χ4n) is 5.28. The summed E-state index contributed by atoms with van der Waals surface area (Å²) in [5.74, 6) is 0.736. The van der Waals surface area contributed by atoms with Crippen LogP contribution in [-0.4, -0.2) is 28.1 Å². The average Bonchev–Trinajstić information content (AvgIpc) is 2.83. The highest BCUT2D eigenvalue weighted by Gasteiger charge is 2.47. The molecule has 0 saturated heterocycles. The summed E-state index contributed by atoms with van der Waals surface area (Å²) in [6, 6.07) is 21.1. The number of rotatable bonds is 8. The van der Waals surface area contributed by atoms with E-state index in [4.69, 9.17) is 27.9 Å². The van der Waals surface area contributed by atoms with Crippen LogP contribution in [0.1, 0.15) is 42.0 Å². The van der Waals surface area contributed by atoms with E-state index in [2.05, 4.69) is 34.3 Å². The van der Waals surface area contributed by atoms with Gasteiger partial charge in [-0.2, -0.15) is 0 Å². The lowest BCUT2D eigenvalue weighted by Gasteiger charge is -2.50. The first kappa shape index (κ1) is 24.6. The van der Waals surface area contributed by atoms with Gasteiger partial charge in [0, 0.05) is 23.0 Å². The molecule has 2 N–H and O–H groups in total. The molecule has 3 aromatic rings. The number of ether oxygens (including phenoxy) is 1. The third-order valence-electron chi connectivity index (χ3n) is 7.18. The van der Waals surface area contributed by atoms with Gasteiger partial charge < -0.3 is 10.1 Å². The second-order valence-electron chi connectivity index (χ2n) is 9.19. The number of nitrogens with one attached hydrogen (secondary N) is 2. The van der Waals surface area contributed by atoms with E-state index in [1.807, 2.05) is 18.2 Å². The normalized spacial score (nSPS) is 19.0. The minimum absolute atomic E-state index is 0.0446. The predicted molar refractivity (Wildman–Crippen MR) is 140 cm³/mol. The summed E-state index contributed by atoms with van der Waals surface area (Å²) in [6.45, 7) is 1.29. The minimum Gasteiger partial charge on any atom is -0.492 e. The fraction of sp³-hybridized carbons (Fsp3) is 0.333. The topological polar surface area (TPSA) is 67.4 Å². The Labute approximate surface area is 216 Å². The van der Waals surface area contributed by atoms with Crippen molar-refractivity contribution in [1.29, 1.82) is 0 Å². The Kier molecular flexibility index (Phi) is 7.11. The van der Waals surface area contributed by atoms with E-state index in [1.165, 1.54) is 29.2 Å². The second-order valence-corrected chi connectivity index (χ2v) is 11.8. The zero-order chi connectivity index (χ0) is 24.5. The van der Waals surface area contributed by atoms with Gasteiger partial charge in [-0.1, -0.05) is 60.0 Å². The molecule has 1 atom stereocenters. The Morgan fingerprint density at radius 1 is 1.03 bits per heavy atom. The van der Waals surface area contributed by atoms with Crippen LogP contribution in [0.3, 0.4) is 0 Å². The average molecular weight is 532 g/mol. The van der Waals surface area contributed by atoms with Gasteiger partial charge in [0.2, 0.25) is 10.0 Å². The lowest BCUT2D eigenvalue weighted by molar-refractivity contribution is 0.164. The Bertz CT molecular complexity index is 1310. The molecule has 1 saturated carbocycles. The quantitative estimate of drug-likeness (QED) is 0.368. The van der Waals surface area contributed by atoms with Crippen LogP contribution >= 0.6 is 23.2 Å². The van der Waals surface area contributed by atoms with Crippen LogP contribution in [0.5, 0.6) is 5.75 Å². The Morgan fingerprint density at radius 3 is 2.51 bits per heavy atom. The van der Waals surface area contributed by atoms with E-state index < -0.39 is 10.0 Å². The number of hydrogen-bond acceptors (Lipinski definition) is 4. The molecule has 35 heavy (non-hydrogen) atoms. The van der Waals surface area contributed by atoms with Crippen LogP contribution in [0.15, 0.2) is 71.6 Å². The van der Waals surface area contributed by atoms with E-state index in [1.54, 1.807) is 18.2 Å². The highest BCUT2D eigenvalue weighted by molar-refractivity contribution is 7.89. The van der Waals surface area contributed by atoms with Crippen molar-refractivity contribution in [2.24, 2.45) is 0 Å². The molecular weight excluding hydrogens is 503 g/mol. The molecule has 0 bridgehead atoms. The van der Waals surface area contributed by atoms with Crippen molar-refractivity contribution < 1.29 is 13.2 Å². The molecule has 2 aliphatic rings. The van der Waals surface area contributed by atoms with E-state index in [9.17, 15) is 8.42 Å². The number of halogens is 2. The molecule has 5 rings (SSSR count). The molecule has 1 aliphatic heterocycles. The van der Waals surface area contributed by atoms with Crippen molar-refractivity contribution in [3.63, 3.8) is 0 Å². The number of benzene rings is 3. The first-order chi connectivity index (χ1) is 16.9. The fourth-order valence-corrected chi connectivity index (χ4v) is 6.94. The molecule has 1 unspecified atom stereocenters. The van der Waals surface area contributed by atoms with E-state index in [-0.39, 0.29) is 34.5 Å². The maximum Gasteiger partial charge on any atom is 0.242 e. The molecule has 1 heterocycles. The molecule has 1 fully saturated rings. The first-order valence-electron chi connectivity index (χ1n) is 11.9. The van der Waals surface area contributed by atoms with Gasteiger partial charge in [-0.3, -0.25) is 0 Å². The Balaban J connectivity index is 1.30. The van der Waals surface area contributed by atoms with E-state index in [0.717, 1.165) is 36.6 Å². The summed E-state index contributed by atoms with van der Waals surface area (Å²) in [5, 5.41) is 4.72. The molecular formula is C27H28Cl2N2O3S. The molecule has 1 aliphatic carbocycles. The van der Waals surface area contributed by atoms with Crippen molar-refractivity contribution in [2.75, 3.05) is 19.7 Å². The number of fused-ring (bicyclic) bond motifs is 1. The van der Waals surface area contributed by atoms with Crippen LogP contribution in [0.2, 0.25) is 10.0 Å². The zero-order valence-corrected chi connectivity index (χ0v) is 21.6. The molecule has 0 spiro atoms. The van der Waals surface area contributed by atoms with Gasteiger partial charge in [0.15, 0.2) is 0 Å². The van der Waals surface area contributed by atoms with Crippen molar-refractivity contribution in [2.45, 2.75) is 42.0 Å². The van der Waals surface area contributed by atoms with Gasteiger partial charge in [0.05, 0.1) is 5.02 Å². The first-order valence-corrected chi connectivity index (χ1v) is 14.1. The summed E-state index contributed by atoms with van der Waals surface area (Å²) in [5.41, 5.74) is 3.96. The van der Waals surface area contributed by atoms with Gasteiger partial charge in [-0.25, -0.2) is 13.1 Å². The van der Waals surface area contributed by atoms with Gasteiger partial charge in [0.25, 0.3) is 0 Å². The molecule has 0 amide bonds. The van der Waals surface area contributed by atoms with E-state index in [0.29, 0.717) is 0 Å². The monoisotopic (exact) mass is 530 g/mol. The zero-order valence-electron chi connectivity index (χ0n) is 19.3. The molecule has 0 radical (unpaired) electrons. The maximum atomic E-state index is 12.5. The standard InChI is InChI=1S/C27H28Cl2N2O3S/c28-21-9-7-20(8-10-21)27(13-3-14-27)26-23-18-22(11-6-19(23)12-15-30-26)34-17-16-31-35(32,33)25-5-2-1-4-24(25)29/h1-2,4-11,18,26,30-31H,3,12-17H2. The highest BCUT2D eigenvalue weighted by atomic mass is 35.5. The summed E-state index contributed by atoms with van der Waals surface area (Å²) in [6.07, 6.45) is 4.43. The molecule has 5 nitrogen and oxygen atoms in total. The summed E-state index contributed by atoms with van der Waals surface area (Å²) in [4.78, 5) is 0.0670. The van der Waals surface area contributed by atoms with Gasteiger partial charge >= 0.3 is 0 Å². The van der Waals surface area contributed by atoms with Crippen LogP contribution in [0.4, 0.5) is 0 Å².